The highest BCUT2D eigenvalue weighted by atomic mass is 127. The van der Waals surface area contributed by atoms with Gasteiger partial charge in [0.25, 0.3) is 0 Å². The topological polar surface area (TPSA) is 44.2 Å². The van der Waals surface area contributed by atoms with Crippen molar-refractivity contribution in [1.82, 2.24) is 9.97 Å². The molecular formula is C10H12ClIN2O2. The molecule has 0 aliphatic carbocycles. The predicted molar refractivity (Wildman–Crippen MR) is 68.6 cm³/mol. The van der Waals surface area contributed by atoms with Gasteiger partial charge in [0, 0.05) is 0 Å². The van der Waals surface area contributed by atoms with Crippen LogP contribution in [0.4, 0.5) is 0 Å². The fourth-order valence-electron chi connectivity index (χ4n) is 1.50. The summed E-state index contributed by atoms with van der Waals surface area (Å²) in [6, 6.07) is 0. The molecule has 1 unspecified atom stereocenters. The molecule has 0 radical (unpaired) electrons. The van der Waals surface area contributed by atoms with E-state index in [1.165, 1.54) is 0 Å². The molecule has 88 valence electrons. The monoisotopic (exact) mass is 354 g/mol. The van der Waals surface area contributed by atoms with Crippen LogP contribution in [0, 0.1) is 3.57 Å². The molecule has 1 atom stereocenters. The Labute approximate surface area is 113 Å². The van der Waals surface area contributed by atoms with Crippen LogP contribution in [-0.4, -0.2) is 29.8 Å². The van der Waals surface area contributed by atoms with Crippen LogP contribution in [0.1, 0.15) is 24.5 Å². The molecule has 0 amide bonds. The third-order valence-corrected chi connectivity index (χ3v) is 4.06. The molecule has 0 spiro atoms. The van der Waals surface area contributed by atoms with Gasteiger partial charge in [-0.1, -0.05) is 18.5 Å². The summed E-state index contributed by atoms with van der Waals surface area (Å²) in [7, 11) is 0. The van der Waals surface area contributed by atoms with Gasteiger partial charge in [-0.3, -0.25) is 0 Å². The largest absolute Gasteiger partial charge is 0.376 e. The van der Waals surface area contributed by atoms with Crippen LogP contribution in [0.3, 0.4) is 0 Å². The number of ether oxygens (including phenoxy) is 2. The van der Waals surface area contributed by atoms with Crippen LogP contribution in [0.15, 0.2) is 0 Å². The summed E-state index contributed by atoms with van der Waals surface area (Å²) in [6.45, 7) is 3.76. The lowest BCUT2D eigenvalue weighted by atomic mass is 10.3. The fourth-order valence-corrected chi connectivity index (χ4v) is 2.31. The molecule has 1 aromatic heterocycles. The number of halogens is 2. The number of aryl methyl sites for hydroxylation is 1. The van der Waals surface area contributed by atoms with Crippen LogP contribution in [0.5, 0.6) is 0 Å². The van der Waals surface area contributed by atoms with E-state index in [2.05, 4.69) is 32.6 Å². The molecule has 2 rings (SSSR count). The van der Waals surface area contributed by atoms with Crippen molar-refractivity contribution in [2.75, 3.05) is 19.8 Å². The third kappa shape index (κ3) is 2.64. The van der Waals surface area contributed by atoms with Gasteiger partial charge >= 0.3 is 0 Å². The molecule has 4 nitrogen and oxygen atoms in total. The van der Waals surface area contributed by atoms with Crippen molar-refractivity contribution in [1.29, 1.82) is 0 Å². The average Bonchev–Trinajstić information content (AvgIpc) is 2.33. The second kappa shape index (κ2) is 5.57. The minimum absolute atomic E-state index is 0.187. The molecule has 0 N–H and O–H groups in total. The Bertz CT molecular complexity index is 383. The average molecular weight is 355 g/mol. The van der Waals surface area contributed by atoms with E-state index in [1.807, 2.05) is 6.92 Å². The molecule has 0 bridgehead atoms. The van der Waals surface area contributed by atoms with E-state index in [4.69, 9.17) is 21.1 Å². The lowest BCUT2D eigenvalue weighted by Crippen LogP contribution is -2.24. The molecule has 1 fully saturated rings. The van der Waals surface area contributed by atoms with Gasteiger partial charge in [0.2, 0.25) is 0 Å². The second-order valence-corrected chi connectivity index (χ2v) is 4.86. The van der Waals surface area contributed by atoms with Crippen LogP contribution in [-0.2, 0) is 15.9 Å². The zero-order chi connectivity index (χ0) is 11.5. The number of rotatable bonds is 2. The SMILES string of the molecule is CCc1nc(C2COCCO2)nc(Cl)c1I. The summed E-state index contributed by atoms with van der Waals surface area (Å²) < 4.78 is 11.8. The predicted octanol–water partition coefficient (Wildman–Crippen LogP) is 2.38. The molecule has 1 aromatic rings. The van der Waals surface area contributed by atoms with E-state index in [1.54, 1.807) is 0 Å². The minimum atomic E-state index is -0.187. The highest BCUT2D eigenvalue weighted by Crippen LogP contribution is 2.24. The van der Waals surface area contributed by atoms with E-state index in [-0.39, 0.29) is 6.10 Å². The zero-order valence-electron chi connectivity index (χ0n) is 8.87. The smallest absolute Gasteiger partial charge is 0.161 e. The van der Waals surface area contributed by atoms with Gasteiger partial charge in [0.15, 0.2) is 5.82 Å². The van der Waals surface area contributed by atoms with Crippen molar-refractivity contribution in [3.8, 4) is 0 Å². The molecule has 2 heterocycles. The van der Waals surface area contributed by atoms with Crippen LogP contribution in [0.25, 0.3) is 0 Å². The van der Waals surface area contributed by atoms with Crippen molar-refractivity contribution in [2.45, 2.75) is 19.4 Å². The van der Waals surface area contributed by atoms with Crippen molar-refractivity contribution in [3.63, 3.8) is 0 Å². The molecule has 1 aliphatic rings. The Morgan fingerprint density at radius 2 is 2.25 bits per heavy atom. The van der Waals surface area contributed by atoms with Crippen LogP contribution < -0.4 is 0 Å². The molecule has 1 saturated heterocycles. The Hall–Kier alpha value is 0.0200. The lowest BCUT2D eigenvalue weighted by molar-refractivity contribution is -0.0936. The first-order valence-corrected chi connectivity index (χ1v) is 6.59. The quantitative estimate of drug-likeness (QED) is 0.604. The normalized spacial score (nSPS) is 21.1. The number of aromatic nitrogens is 2. The summed E-state index contributed by atoms with van der Waals surface area (Å²) in [5.41, 5.74) is 0.963. The third-order valence-electron chi connectivity index (χ3n) is 2.34. The van der Waals surface area contributed by atoms with Crippen molar-refractivity contribution in [3.05, 3.63) is 20.2 Å². The van der Waals surface area contributed by atoms with Gasteiger partial charge in [-0.05, 0) is 29.0 Å². The summed E-state index contributed by atoms with van der Waals surface area (Å²) in [5, 5.41) is 0.497. The van der Waals surface area contributed by atoms with Gasteiger partial charge in [0.1, 0.15) is 11.3 Å². The van der Waals surface area contributed by atoms with E-state index in [0.29, 0.717) is 30.8 Å². The standard InChI is InChI=1S/C10H12ClIN2O2/c1-2-6-8(12)9(11)14-10(13-6)7-5-15-3-4-16-7/h7H,2-5H2,1H3. The first kappa shape index (κ1) is 12.5. The Balaban J connectivity index is 2.29. The highest BCUT2D eigenvalue weighted by molar-refractivity contribution is 14.1. The molecular weight excluding hydrogens is 342 g/mol. The summed E-state index contributed by atoms with van der Waals surface area (Å²) >= 11 is 8.23. The van der Waals surface area contributed by atoms with Crippen molar-refractivity contribution < 1.29 is 9.47 Å². The van der Waals surface area contributed by atoms with Gasteiger partial charge in [-0.15, -0.1) is 0 Å². The second-order valence-electron chi connectivity index (χ2n) is 3.42. The van der Waals surface area contributed by atoms with E-state index < -0.39 is 0 Å². The van der Waals surface area contributed by atoms with E-state index >= 15 is 0 Å². The van der Waals surface area contributed by atoms with Crippen molar-refractivity contribution in [2.24, 2.45) is 0 Å². The van der Waals surface area contributed by atoms with Crippen molar-refractivity contribution >= 4 is 34.2 Å². The van der Waals surface area contributed by atoms with E-state index in [0.717, 1.165) is 15.7 Å². The number of hydrogen-bond acceptors (Lipinski definition) is 4. The number of hydrogen-bond donors (Lipinski definition) is 0. The zero-order valence-corrected chi connectivity index (χ0v) is 11.8. The maximum atomic E-state index is 6.06. The minimum Gasteiger partial charge on any atom is -0.376 e. The molecule has 6 heteroatoms. The maximum absolute atomic E-state index is 6.06. The fraction of sp³-hybridized carbons (Fsp3) is 0.600. The molecule has 0 saturated carbocycles. The first-order valence-electron chi connectivity index (χ1n) is 5.13. The Morgan fingerprint density at radius 1 is 1.44 bits per heavy atom. The van der Waals surface area contributed by atoms with Crippen LogP contribution >= 0.6 is 34.2 Å². The Kier molecular flexibility index (Phi) is 4.34. The highest BCUT2D eigenvalue weighted by Gasteiger charge is 2.21. The molecule has 1 aliphatic heterocycles. The van der Waals surface area contributed by atoms with E-state index in [9.17, 15) is 0 Å². The summed E-state index contributed by atoms with van der Waals surface area (Å²) in [5.74, 6) is 0.627. The van der Waals surface area contributed by atoms with Crippen LogP contribution in [0.2, 0.25) is 5.15 Å². The van der Waals surface area contributed by atoms with Gasteiger partial charge in [-0.25, -0.2) is 9.97 Å². The van der Waals surface area contributed by atoms with Gasteiger partial charge in [0.05, 0.1) is 29.1 Å². The summed E-state index contributed by atoms with van der Waals surface area (Å²) in [6.07, 6.45) is 0.648. The lowest BCUT2D eigenvalue weighted by Gasteiger charge is -2.22. The van der Waals surface area contributed by atoms with Gasteiger partial charge in [-0.2, -0.15) is 0 Å². The first-order chi connectivity index (χ1) is 7.72. The summed E-state index contributed by atoms with van der Waals surface area (Å²) in [4.78, 5) is 8.71. The maximum Gasteiger partial charge on any atom is 0.161 e. The molecule has 16 heavy (non-hydrogen) atoms. The Morgan fingerprint density at radius 3 is 2.88 bits per heavy atom. The van der Waals surface area contributed by atoms with Gasteiger partial charge < -0.3 is 9.47 Å². The number of nitrogens with zero attached hydrogens (tertiary/aromatic N) is 2. The molecule has 0 aromatic carbocycles.